The van der Waals surface area contributed by atoms with Gasteiger partial charge in [0, 0.05) is 0 Å². The zero-order valence-corrected chi connectivity index (χ0v) is 13.1. The summed E-state index contributed by atoms with van der Waals surface area (Å²) in [6, 6.07) is 28.4. The quantitative estimate of drug-likeness (QED) is 0.636. The van der Waals surface area contributed by atoms with Crippen molar-refractivity contribution >= 4 is 14.7 Å². The van der Waals surface area contributed by atoms with Gasteiger partial charge in [0.1, 0.15) is 0 Å². The fraction of sp³-hybridized carbons (Fsp3) is 0.0526. The Morgan fingerprint density at radius 1 is 0.500 bits per heavy atom. The molecule has 0 aliphatic rings. The molecule has 3 aromatic carbocycles. The van der Waals surface area contributed by atoms with Crippen molar-refractivity contribution in [2.75, 3.05) is 0 Å². The first-order chi connectivity index (χ1) is 9.86. The molecule has 0 amide bonds. The molecule has 3 aromatic rings. The van der Waals surface area contributed by atoms with Gasteiger partial charge >= 0.3 is 0 Å². The fourth-order valence-corrected chi connectivity index (χ4v) is 3.13. The molecule has 0 N–H and O–H groups in total. The Bertz CT molecular complexity index is 667. The summed E-state index contributed by atoms with van der Waals surface area (Å²) in [5, 5.41) is 1.52. The molecule has 0 saturated carbocycles. The van der Waals surface area contributed by atoms with Gasteiger partial charge in [0.25, 0.3) is 0 Å². The van der Waals surface area contributed by atoms with Gasteiger partial charge in [-0.25, -0.2) is 0 Å². The van der Waals surface area contributed by atoms with Gasteiger partial charge in [-0.15, -0.1) is 0 Å². The van der Waals surface area contributed by atoms with Gasteiger partial charge in [-0.3, -0.25) is 0 Å². The van der Waals surface area contributed by atoms with Gasteiger partial charge in [-0.1, -0.05) is 90.6 Å². The summed E-state index contributed by atoms with van der Waals surface area (Å²) in [5.74, 6) is 0. The third-order valence-electron chi connectivity index (χ3n) is 3.69. The Labute approximate surface area is 122 Å². The van der Waals surface area contributed by atoms with E-state index in [4.69, 9.17) is 0 Å². The molecule has 0 radical (unpaired) electrons. The molecular weight excluding hydrogens is 256 g/mol. The van der Waals surface area contributed by atoms with Crippen LogP contribution in [0, 0.1) is 0 Å². The van der Waals surface area contributed by atoms with Gasteiger partial charge < -0.3 is 0 Å². The maximum atomic E-state index is 2.32. The second kappa shape index (κ2) is 5.89. The summed E-state index contributed by atoms with van der Waals surface area (Å²) in [6.45, 7) is 2.32. The van der Waals surface area contributed by atoms with Crippen LogP contribution in [0.5, 0.6) is 0 Å². The molecule has 0 saturated heterocycles. The van der Waals surface area contributed by atoms with E-state index in [0.29, 0.717) is 0 Å². The van der Waals surface area contributed by atoms with E-state index < -0.39 is 0 Å². The van der Waals surface area contributed by atoms with Gasteiger partial charge in [-0.2, -0.15) is 0 Å². The molecule has 98 valence electrons. The van der Waals surface area contributed by atoms with Crippen LogP contribution in [0.1, 0.15) is 0 Å². The van der Waals surface area contributed by atoms with E-state index in [0.717, 1.165) is 0 Å². The van der Waals surface area contributed by atoms with Crippen LogP contribution >= 0.6 is 0 Å². The Hall–Kier alpha value is -2.12. The lowest BCUT2D eigenvalue weighted by atomic mass is 10.0. The molecule has 0 fully saturated rings. The van der Waals surface area contributed by atoms with Crippen LogP contribution in [0.3, 0.4) is 0 Å². The highest BCUT2D eigenvalue weighted by atomic mass is 28.2. The highest BCUT2D eigenvalue weighted by Crippen LogP contribution is 2.24. The standard InChI is InChI=1S/C19H18Si/c1-20-19-13-11-18(12-14-19)17-9-7-16(8-10-17)15-5-3-2-4-6-15/h2-14H,20H2,1H3. The van der Waals surface area contributed by atoms with Gasteiger partial charge in [-0.05, 0) is 22.3 Å². The molecule has 0 aliphatic carbocycles. The zero-order valence-electron chi connectivity index (χ0n) is 11.7. The maximum absolute atomic E-state index is 2.32. The summed E-state index contributed by atoms with van der Waals surface area (Å²) in [4.78, 5) is 0. The minimum Gasteiger partial charge on any atom is -0.0708 e. The van der Waals surface area contributed by atoms with Crippen molar-refractivity contribution in [1.29, 1.82) is 0 Å². The van der Waals surface area contributed by atoms with Crippen LogP contribution < -0.4 is 5.19 Å². The van der Waals surface area contributed by atoms with Crippen molar-refractivity contribution in [1.82, 2.24) is 0 Å². The molecule has 0 aromatic heterocycles. The number of benzene rings is 3. The van der Waals surface area contributed by atoms with Gasteiger partial charge in [0.15, 0.2) is 0 Å². The van der Waals surface area contributed by atoms with Crippen LogP contribution in [-0.4, -0.2) is 9.52 Å². The van der Waals surface area contributed by atoms with Crippen molar-refractivity contribution in [3.8, 4) is 22.3 Å². The van der Waals surface area contributed by atoms with Crippen LogP contribution in [0.2, 0.25) is 6.55 Å². The topological polar surface area (TPSA) is 0 Å². The lowest BCUT2D eigenvalue weighted by molar-refractivity contribution is 1.60. The summed E-state index contributed by atoms with van der Waals surface area (Å²) < 4.78 is 0. The zero-order chi connectivity index (χ0) is 13.8. The summed E-state index contributed by atoms with van der Waals surface area (Å²) >= 11 is 0. The Morgan fingerprint density at radius 3 is 1.35 bits per heavy atom. The molecule has 1 heteroatoms. The number of hydrogen-bond acceptors (Lipinski definition) is 0. The molecule has 0 nitrogen and oxygen atoms in total. The molecule has 0 atom stereocenters. The maximum Gasteiger partial charge on any atom is 0.0517 e. The fourth-order valence-electron chi connectivity index (χ4n) is 2.42. The summed E-state index contributed by atoms with van der Waals surface area (Å²) in [7, 11) is -0.0460. The first-order valence-corrected chi connectivity index (χ1v) is 9.24. The minimum atomic E-state index is -0.0460. The number of rotatable bonds is 3. The number of hydrogen-bond donors (Lipinski definition) is 0. The van der Waals surface area contributed by atoms with E-state index in [1.54, 1.807) is 0 Å². The summed E-state index contributed by atoms with van der Waals surface area (Å²) in [5.41, 5.74) is 5.13. The van der Waals surface area contributed by atoms with Crippen molar-refractivity contribution in [2.45, 2.75) is 6.55 Å². The molecule has 0 bridgehead atoms. The van der Waals surface area contributed by atoms with E-state index >= 15 is 0 Å². The third kappa shape index (κ3) is 2.73. The third-order valence-corrected chi connectivity index (χ3v) is 4.98. The molecule has 3 rings (SSSR count). The van der Waals surface area contributed by atoms with Crippen molar-refractivity contribution in [3.63, 3.8) is 0 Å². The average Bonchev–Trinajstić information content (AvgIpc) is 2.56. The highest BCUT2D eigenvalue weighted by molar-refractivity contribution is 6.51. The van der Waals surface area contributed by atoms with E-state index in [2.05, 4.69) is 85.4 Å². The SMILES string of the molecule is C[SiH2]c1ccc(-c2ccc(-c3ccccc3)cc2)cc1. The smallest absolute Gasteiger partial charge is 0.0517 e. The van der Waals surface area contributed by atoms with Crippen molar-refractivity contribution < 1.29 is 0 Å². The first-order valence-electron chi connectivity index (χ1n) is 7.11. The molecular formula is C19H18Si. The van der Waals surface area contributed by atoms with Gasteiger partial charge in [0.05, 0.1) is 9.52 Å². The predicted molar refractivity (Wildman–Crippen MR) is 91.4 cm³/mol. The highest BCUT2D eigenvalue weighted by Gasteiger charge is 2.00. The molecule has 0 spiro atoms. The Kier molecular flexibility index (Phi) is 3.80. The molecule has 0 heterocycles. The Morgan fingerprint density at radius 2 is 0.900 bits per heavy atom. The lowest BCUT2D eigenvalue weighted by Crippen LogP contribution is -2.08. The minimum absolute atomic E-state index is 0.0460. The molecule has 0 aliphatic heterocycles. The van der Waals surface area contributed by atoms with E-state index in [1.165, 1.54) is 27.4 Å². The molecule has 0 unspecified atom stereocenters. The monoisotopic (exact) mass is 274 g/mol. The van der Waals surface area contributed by atoms with Gasteiger partial charge in [0.2, 0.25) is 0 Å². The normalized spacial score (nSPS) is 11.1. The largest absolute Gasteiger partial charge is 0.0708 e. The van der Waals surface area contributed by atoms with E-state index in [9.17, 15) is 0 Å². The van der Waals surface area contributed by atoms with Crippen LogP contribution in [0.25, 0.3) is 22.3 Å². The van der Waals surface area contributed by atoms with Crippen LogP contribution in [-0.2, 0) is 0 Å². The van der Waals surface area contributed by atoms with Crippen LogP contribution in [0.4, 0.5) is 0 Å². The Balaban J connectivity index is 1.89. The lowest BCUT2D eigenvalue weighted by Gasteiger charge is -2.06. The summed E-state index contributed by atoms with van der Waals surface area (Å²) in [6.07, 6.45) is 0. The second-order valence-electron chi connectivity index (χ2n) is 4.99. The average molecular weight is 274 g/mol. The molecule has 20 heavy (non-hydrogen) atoms. The van der Waals surface area contributed by atoms with Crippen molar-refractivity contribution in [2.24, 2.45) is 0 Å². The van der Waals surface area contributed by atoms with Crippen LogP contribution in [0.15, 0.2) is 78.9 Å². The van der Waals surface area contributed by atoms with Crippen molar-refractivity contribution in [3.05, 3.63) is 78.9 Å². The van der Waals surface area contributed by atoms with E-state index in [1.807, 2.05) is 0 Å². The first kappa shape index (κ1) is 12.9. The van der Waals surface area contributed by atoms with E-state index in [-0.39, 0.29) is 9.52 Å². The predicted octanol–water partition coefficient (Wildman–Crippen LogP) is 3.86. The second-order valence-corrected chi connectivity index (χ2v) is 6.52.